The Hall–Kier alpha value is -0.990. The normalized spacial score (nSPS) is 27.7. The number of halogens is 2. The number of carbonyl (C=O) groups excluding carboxylic acids is 1. The number of ether oxygens (including phenoxy) is 1. The van der Waals surface area contributed by atoms with E-state index in [4.69, 9.17) is 10.6 Å². The van der Waals surface area contributed by atoms with Crippen LogP contribution in [0.5, 0.6) is 0 Å². The molecule has 0 aromatic rings. The highest BCUT2D eigenvalue weighted by Crippen LogP contribution is 2.32. The van der Waals surface area contributed by atoms with E-state index in [1.807, 2.05) is 0 Å². The van der Waals surface area contributed by atoms with Crippen LogP contribution in [0.4, 0.5) is 13.6 Å². The number of nitrogens with two attached hydrogens (primary N) is 1. The second kappa shape index (κ2) is 6.25. The van der Waals surface area contributed by atoms with E-state index in [1.54, 1.807) is 30.7 Å². The van der Waals surface area contributed by atoms with Crippen LogP contribution in [0.2, 0.25) is 0 Å². The minimum Gasteiger partial charge on any atom is -0.444 e. The molecule has 2 heterocycles. The molecule has 0 aliphatic carbocycles. The van der Waals surface area contributed by atoms with Crippen LogP contribution < -0.4 is 5.84 Å². The summed E-state index contributed by atoms with van der Waals surface area (Å²) >= 11 is 0. The molecule has 2 rings (SSSR count). The zero-order valence-corrected chi connectivity index (χ0v) is 13.5. The van der Waals surface area contributed by atoms with Gasteiger partial charge in [-0.3, -0.25) is 10.7 Å². The number of alkyl halides is 2. The van der Waals surface area contributed by atoms with Gasteiger partial charge in [0.1, 0.15) is 5.60 Å². The number of likely N-dealkylation sites (tertiary alicyclic amines) is 1. The van der Waals surface area contributed by atoms with Gasteiger partial charge in [0.05, 0.1) is 12.6 Å². The summed E-state index contributed by atoms with van der Waals surface area (Å²) in [6.45, 7) is 7.11. The van der Waals surface area contributed by atoms with Crippen LogP contribution in [-0.4, -0.2) is 77.7 Å². The first-order valence-corrected chi connectivity index (χ1v) is 7.68. The van der Waals surface area contributed by atoms with E-state index in [0.29, 0.717) is 26.2 Å². The summed E-state index contributed by atoms with van der Waals surface area (Å²) in [6.07, 6.45) is -0.422. The van der Waals surface area contributed by atoms with Crippen molar-refractivity contribution >= 4 is 6.09 Å². The first-order valence-electron chi connectivity index (χ1n) is 7.68. The second-order valence-electron chi connectivity index (χ2n) is 7.04. The van der Waals surface area contributed by atoms with Gasteiger partial charge in [0.2, 0.25) is 0 Å². The Kier molecular flexibility index (Phi) is 4.93. The standard InChI is InChI=1S/C14H26F2N4O2/c1-13(2,3)22-12(21)19-5-4-11(14(15,16)10-19)18-6-8-20(17)9-7-18/h11H,4-10,17H2,1-3H3. The molecule has 2 fully saturated rings. The number of piperazine rings is 1. The van der Waals surface area contributed by atoms with Crippen LogP contribution >= 0.6 is 0 Å². The third-order valence-corrected chi connectivity index (χ3v) is 4.00. The van der Waals surface area contributed by atoms with E-state index in [2.05, 4.69) is 0 Å². The summed E-state index contributed by atoms with van der Waals surface area (Å²) < 4.78 is 34.1. The topological polar surface area (TPSA) is 62.0 Å². The monoisotopic (exact) mass is 320 g/mol. The summed E-state index contributed by atoms with van der Waals surface area (Å²) in [5, 5.41) is 1.64. The van der Waals surface area contributed by atoms with Crippen LogP contribution in [-0.2, 0) is 4.74 Å². The molecule has 6 nitrogen and oxygen atoms in total. The highest BCUT2D eigenvalue weighted by Gasteiger charge is 2.49. The Morgan fingerprint density at radius 1 is 1.18 bits per heavy atom. The molecule has 128 valence electrons. The highest BCUT2D eigenvalue weighted by atomic mass is 19.3. The molecule has 2 aliphatic heterocycles. The molecule has 1 amide bonds. The van der Waals surface area contributed by atoms with E-state index < -0.39 is 30.2 Å². The predicted octanol–water partition coefficient (Wildman–Crippen LogP) is 1.12. The van der Waals surface area contributed by atoms with E-state index in [9.17, 15) is 13.6 Å². The minimum atomic E-state index is -2.94. The van der Waals surface area contributed by atoms with Crippen molar-refractivity contribution in [3.63, 3.8) is 0 Å². The number of nitrogens with zero attached hydrogens (tertiary/aromatic N) is 3. The van der Waals surface area contributed by atoms with Crippen molar-refractivity contribution in [3.05, 3.63) is 0 Å². The third-order valence-electron chi connectivity index (χ3n) is 4.00. The quantitative estimate of drug-likeness (QED) is 0.734. The lowest BCUT2D eigenvalue weighted by Crippen LogP contribution is -2.63. The zero-order chi connectivity index (χ0) is 16.5. The van der Waals surface area contributed by atoms with Crippen molar-refractivity contribution in [3.8, 4) is 0 Å². The van der Waals surface area contributed by atoms with E-state index in [-0.39, 0.29) is 13.0 Å². The third kappa shape index (κ3) is 4.27. The molecule has 0 saturated carbocycles. The molecule has 2 N–H and O–H groups in total. The van der Waals surface area contributed by atoms with Gasteiger partial charge < -0.3 is 9.64 Å². The molecular weight excluding hydrogens is 294 g/mol. The maximum absolute atomic E-state index is 14.5. The van der Waals surface area contributed by atoms with E-state index in [1.165, 1.54) is 0 Å². The Morgan fingerprint density at radius 3 is 2.27 bits per heavy atom. The maximum atomic E-state index is 14.5. The van der Waals surface area contributed by atoms with E-state index in [0.717, 1.165) is 4.90 Å². The van der Waals surface area contributed by atoms with Gasteiger partial charge in [-0.15, -0.1) is 0 Å². The predicted molar refractivity (Wildman–Crippen MR) is 78.5 cm³/mol. The molecule has 0 radical (unpaired) electrons. The Bertz CT molecular complexity index is 406. The number of hydrazine groups is 1. The van der Waals surface area contributed by atoms with Crippen molar-refractivity contribution in [1.82, 2.24) is 14.8 Å². The highest BCUT2D eigenvalue weighted by molar-refractivity contribution is 5.68. The van der Waals surface area contributed by atoms with Crippen LogP contribution in [0, 0.1) is 0 Å². The number of carbonyl (C=O) groups is 1. The van der Waals surface area contributed by atoms with Crippen molar-refractivity contribution in [2.75, 3.05) is 39.3 Å². The molecule has 1 atom stereocenters. The molecule has 0 aromatic carbocycles. The smallest absolute Gasteiger partial charge is 0.410 e. The fourth-order valence-electron chi connectivity index (χ4n) is 2.91. The summed E-state index contributed by atoms with van der Waals surface area (Å²) in [6, 6.07) is -0.833. The lowest BCUT2D eigenvalue weighted by Gasteiger charge is -2.45. The molecule has 22 heavy (non-hydrogen) atoms. The molecule has 8 heteroatoms. The van der Waals surface area contributed by atoms with Gasteiger partial charge >= 0.3 is 6.09 Å². The molecule has 0 aromatic heterocycles. The summed E-state index contributed by atoms with van der Waals surface area (Å²) in [5.74, 6) is 2.73. The molecule has 2 aliphatic rings. The first kappa shape index (κ1) is 17.4. The molecule has 0 bridgehead atoms. The number of amides is 1. The average Bonchev–Trinajstić information content (AvgIpc) is 2.37. The number of hydrogen-bond acceptors (Lipinski definition) is 5. The van der Waals surface area contributed by atoms with Crippen LogP contribution in [0.3, 0.4) is 0 Å². The van der Waals surface area contributed by atoms with Crippen molar-refractivity contribution in [2.24, 2.45) is 5.84 Å². The summed E-state index contributed by atoms with van der Waals surface area (Å²) in [7, 11) is 0. The van der Waals surface area contributed by atoms with Crippen molar-refractivity contribution in [1.29, 1.82) is 0 Å². The SMILES string of the molecule is CC(C)(C)OC(=O)N1CCC(N2CCN(N)CC2)C(F)(F)C1. The molecule has 2 saturated heterocycles. The second-order valence-corrected chi connectivity index (χ2v) is 7.04. The van der Waals surface area contributed by atoms with Gasteiger partial charge in [-0.05, 0) is 27.2 Å². The first-order chi connectivity index (χ1) is 10.1. The fraction of sp³-hybridized carbons (Fsp3) is 0.929. The zero-order valence-electron chi connectivity index (χ0n) is 13.5. The molecule has 1 unspecified atom stereocenters. The fourth-order valence-corrected chi connectivity index (χ4v) is 2.91. The number of rotatable bonds is 1. The Balaban J connectivity index is 1.96. The largest absolute Gasteiger partial charge is 0.444 e. The maximum Gasteiger partial charge on any atom is 0.410 e. The van der Waals surface area contributed by atoms with Crippen LogP contribution in [0.15, 0.2) is 0 Å². The number of piperidine rings is 1. The average molecular weight is 320 g/mol. The Morgan fingerprint density at radius 2 is 1.77 bits per heavy atom. The lowest BCUT2D eigenvalue weighted by atomic mass is 9.98. The van der Waals surface area contributed by atoms with Crippen molar-refractivity contribution < 1.29 is 18.3 Å². The van der Waals surface area contributed by atoms with Crippen LogP contribution in [0.1, 0.15) is 27.2 Å². The van der Waals surface area contributed by atoms with Gasteiger partial charge in [0.15, 0.2) is 0 Å². The molecular formula is C14H26F2N4O2. The van der Waals surface area contributed by atoms with Gasteiger partial charge in [-0.2, -0.15) is 0 Å². The summed E-state index contributed by atoms with van der Waals surface area (Å²) in [4.78, 5) is 14.9. The van der Waals surface area contributed by atoms with Gasteiger partial charge in [-0.1, -0.05) is 0 Å². The van der Waals surface area contributed by atoms with Gasteiger partial charge in [-0.25, -0.2) is 18.6 Å². The number of hydrogen-bond donors (Lipinski definition) is 1. The summed E-state index contributed by atoms with van der Waals surface area (Å²) in [5.41, 5.74) is -0.680. The molecule has 0 spiro atoms. The van der Waals surface area contributed by atoms with Gasteiger partial charge in [0, 0.05) is 32.7 Å². The Labute approximate surface area is 130 Å². The minimum absolute atomic E-state index is 0.247. The van der Waals surface area contributed by atoms with E-state index >= 15 is 0 Å². The van der Waals surface area contributed by atoms with Gasteiger partial charge in [0.25, 0.3) is 5.92 Å². The van der Waals surface area contributed by atoms with Crippen LogP contribution in [0.25, 0.3) is 0 Å². The lowest BCUT2D eigenvalue weighted by molar-refractivity contribution is -0.131. The van der Waals surface area contributed by atoms with Crippen molar-refractivity contribution in [2.45, 2.75) is 44.8 Å².